The molecular weight excluding hydrogens is 319 g/mol. The Hall–Kier alpha value is -3.16. The van der Waals surface area contributed by atoms with E-state index in [1.807, 2.05) is 0 Å². The quantitative estimate of drug-likeness (QED) is 0.494. The van der Waals surface area contributed by atoms with Crippen molar-refractivity contribution in [3.8, 4) is 11.1 Å². The molecule has 5 N–H and O–H groups in total. The first-order chi connectivity index (χ1) is 11.3. The van der Waals surface area contributed by atoms with Gasteiger partial charge in [-0.15, -0.1) is 0 Å². The molecule has 0 amide bonds. The molecule has 3 aromatic rings. The Morgan fingerprint density at radius 1 is 1.08 bits per heavy atom. The van der Waals surface area contributed by atoms with Gasteiger partial charge in [0.2, 0.25) is 0 Å². The van der Waals surface area contributed by atoms with Gasteiger partial charge in [0, 0.05) is 40.8 Å². The van der Waals surface area contributed by atoms with Crippen LogP contribution in [0.3, 0.4) is 0 Å². The number of nitrogen functional groups attached to an aromatic ring is 2. The Kier molecular flexibility index (Phi) is 3.59. The van der Waals surface area contributed by atoms with Gasteiger partial charge in [0.25, 0.3) is 0 Å². The van der Waals surface area contributed by atoms with E-state index in [2.05, 4.69) is 9.97 Å². The van der Waals surface area contributed by atoms with Crippen LogP contribution in [0.25, 0.3) is 22.0 Å². The van der Waals surface area contributed by atoms with E-state index in [4.69, 9.17) is 16.9 Å². The maximum Gasteiger partial charge on any atom is 0.416 e. The van der Waals surface area contributed by atoms with Crippen LogP contribution in [0, 0.1) is 5.41 Å². The number of nitrogens with two attached hydrogens (primary N) is 2. The molecule has 24 heavy (non-hydrogen) atoms. The summed E-state index contributed by atoms with van der Waals surface area (Å²) in [4.78, 5) is 8.12. The number of nitrogens with zero attached hydrogens (tertiary/aromatic N) is 2. The Balaban J connectivity index is 2.40. The molecule has 0 atom stereocenters. The monoisotopic (exact) mass is 331 g/mol. The van der Waals surface area contributed by atoms with Crippen LogP contribution in [-0.2, 0) is 6.18 Å². The van der Waals surface area contributed by atoms with Crippen LogP contribution in [0.4, 0.5) is 24.7 Å². The van der Waals surface area contributed by atoms with Crippen LogP contribution in [0.1, 0.15) is 11.1 Å². The molecule has 8 heteroatoms. The normalized spacial score (nSPS) is 11.6. The SMILES string of the molecule is N=Cc1c(N)cc(C(F)(F)F)cc1-c1cnc(N)c2ncccc12. The number of halogens is 3. The maximum absolute atomic E-state index is 13.1. The molecular formula is C16H12F3N5. The van der Waals surface area contributed by atoms with Crippen molar-refractivity contribution in [1.29, 1.82) is 5.41 Å². The van der Waals surface area contributed by atoms with Gasteiger partial charge in [0.1, 0.15) is 11.3 Å². The van der Waals surface area contributed by atoms with Gasteiger partial charge in [0.15, 0.2) is 0 Å². The third-order valence-electron chi connectivity index (χ3n) is 3.65. The molecule has 1 aromatic carbocycles. The highest BCUT2D eigenvalue weighted by molar-refractivity contribution is 6.04. The Labute approximate surface area is 134 Å². The standard InChI is InChI=1S/C16H12F3N5/c17-16(18,19)8-4-10(11(6-20)13(21)5-8)12-7-24-15(22)14-9(12)2-1-3-23-14/h1-7,20H,21H2,(H2,22,24). The van der Waals surface area contributed by atoms with E-state index >= 15 is 0 Å². The first-order valence-electron chi connectivity index (χ1n) is 6.83. The van der Waals surface area contributed by atoms with Crippen LogP contribution in [0.2, 0.25) is 0 Å². The zero-order chi connectivity index (χ0) is 17.5. The summed E-state index contributed by atoms with van der Waals surface area (Å²) in [6, 6.07) is 5.09. The maximum atomic E-state index is 13.1. The van der Waals surface area contributed by atoms with Gasteiger partial charge in [-0.1, -0.05) is 6.07 Å². The second kappa shape index (κ2) is 5.48. The number of nitrogens with one attached hydrogen (secondary N) is 1. The van der Waals surface area contributed by atoms with Crippen LogP contribution in [-0.4, -0.2) is 16.2 Å². The summed E-state index contributed by atoms with van der Waals surface area (Å²) in [5, 5.41) is 8.04. The molecule has 3 rings (SSSR count). The van der Waals surface area contributed by atoms with E-state index in [0.717, 1.165) is 18.3 Å². The molecule has 122 valence electrons. The van der Waals surface area contributed by atoms with Crippen molar-refractivity contribution in [2.24, 2.45) is 0 Å². The lowest BCUT2D eigenvalue weighted by Gasteiger charge is -2.15. The topological polar surface area (TPSA) is 102 Å². The Morgan fingerprint density at radius 3 is 2.50 bits per heavy atom. The zero-order valence-electron chi connectivity index (χ0n) is 12.2. The lowest BCUT2D eigenvalue weighted by molar-refractivity contribution is -0.137. The van der Waals surface area contributed by atoms with Crippen molar-refractivity contribution in [2.75, 3.05) is 11.5 Å². The van der Waals surface area contributed by atoms with Gasteiger partial charge in [0.05, 0.1) is 5.56 Å². The second-order valence-electron chi connectivity index (χ2n) is 5.13. The Bertz CT molecular complexity index is 950. The van der Waals surface area contributed by atoms with Gasteiger partial charge in [-0.3, -0.25) is 4.98 Å². The minimum absolute atomic E-state index is 0.135. The average Bonchev–Trinajstić information content (AvgIpc) is 2.54. The largest absolute Gasteiger partial charge is 0.416 e. The zero-order valence-corrected chi connectivity index (χ0v) is 12.2. The number of anilines is 2. The van der Waals surface area contributed by atoms with Gasteiger partial charge in [-0.25, -0.2) is 4.98 Å². The van der Waals surface area contributed by atoms with Crippen molar-refractivity contribution in [2.45, 2.75) is 6.18 Å². The van der Waals surface area contributed by atoms with Crippen molar-refractivity contribution in [3.05, 3.63) is 47.8 Å². The second-order valence-corrected chi connectivity index (χ2v) is 5.13. The third-order valence-corrected chi connectivity index (χ3v) is 3.65. The molecule has 0 aliphatic carbocycles. The van der Waals surface area contributed by atoms with Gasteiger partial charge < -0.3 is 16.9 Å². The summed E-state index contributed by atoms with van der Waals surface area (Å²) in [7, 11) is 0. The van der Waals surface area contributed by atoms with Crippen molar-refractivity contribution >= 4 is 28.6 Å². The average molecular weight is 331 g/mol. The molecule has 0 radical (unpaired) electrons. The van der Waals surface area contributed by atoms with Crippen LogP contribution in [0.15, 0.2) is 36.7 Å². The number of hydrogen-bond donors (Lipinski definition) is 3. The molecule has 0 aliphatic rings. The molecule has 0 aliphatic heterocycles. The number of rotatable bonds is 2. The molecule has 0 bridgehead atoms. The minimum atomic E-state index is -4.56. The minimum Gasteiger partial charge on any atom is -0.398 e. The number of fused-ring (bicyclic) bond motifs is 1. The van der Waals surface area contributed by atoms with E-state index < -0.39 is 11.7 Å². The molecule has 0 saturated heterocycles. The molecule has 0 fully saturated rings. The molecule has 0 spiro atoms. The summed E-state index contributed by atoms with van der Waals surface area (Å²) >= 11 is 0. The summed E-state index contributed by atoms with van der Waals surface area (Å²) in [6.07, 6.45) is -0.758. The van der Waals surface area contributed by atoms with E-state index in [1.165, 1.54) is 12.4 Å². The first kappa shape index (κ1) is 15.7. The fourth-order valence-corrected chi connectivity index (χ4v) is 2.53. The van der Waals surface area contributed by atoms with Crippen molar-refractivity contribution in [3.63, 3.8) is 0 Å². The van der Waals surface area contributed by atoms with Gasteiger partial charge >= 0.3 is 6.18 Å². The number of aromatic nitrogens is 2. The number of benzene rings is 1. The van der Waals surface area contributed by atoms with E-state index in [1.54, 1.807) is 12.1 Å². The summed E-state index contributed by atoms with van der Waals surface area (Å²) < 4.78 is 39.4. The van der Waals surface area contributed by atoms with Gasteiger partial charge in [-0.2, -0.15) is 13.2 Å². The molecule has 5 nitrogen and oxygen atoms in total. The highest BCUT2D eigenvalue weighted by Crippen LogP contribution is 2.38. The molecule has 2 heterocycles. The predicted octanol–water partition coefficient (Wildman–Crippen LogP) is 3.48. The fourth-order valence-electron chi connectivity index (χ4n) is 2.53. The fraction of sp³-hybridized carbons (Fsp3) is 0.0625. The van der Waals surface area contributed by atoms with Crippen molar-refractivity contribution < 1.29 is 13.2 Å². The van der Waals surface area contributed by atoms with Crippen LogP contribution >= 0.6 is 0 Å². The first-order valence-corrected chi connectivity index (χ1v) is 6.83. The summed E-state index contributed by atoms with van der Waals surface area (Å²) in [5.74, 6) is 0.172. The van der Waals surface area contributed by atoms with E-state index in [9.17, 15) is 13.2 Å². The lowest BCUT2D eigenvalue weighted by atomic mass is 9.94. The Morgan fingerprint density at radius 2 is 1.83 bits per heavy atom. The third kappa shape index (κ3) is 2.51. The molecule has 2 aromatic heterocycles. The lowest BCUT2D eigenvalue weighted by Crippen LogP contribution is -2.08. The predicted molar refractivity (Wildman–Crippen MR) is 86.7 cm³/mol. The van der Waals surface area contributed by atoms with E-state index in [-0.39, 0.29) is 22.6 Å². The smallest absolute Gasteiger partial charge is 0.398 e. The summed E-state index contributed by atoms with van der Waals surface area (Å²) in [5.41, 5.74) is 11.6. The van der Waals surface area contributed by atoms with E-state index in [0.29, 0.717) is 16.5 Å². The highest BCUT2D eigenvalue weighted by atomic mass is 19.4. The van der Waals surface area contributed by atoms with Crippen LogP contribution in [0.5, 0.6) is 0 Å². The molecule has 0 unspecified atom stereocenters. The number of hydrogen-bond acceptors (Lipinski definition) is 5. The van der Waals surface area contributed by atoms with Crippen LogP contribution < -0.4 is 11.5 Å². The van der Waals surface area contributed by atoms with Crippen molar-refractivity contribution in [1.82, 2.24) is 9.97 Å². The summed E-state index contributed by atoms with van der Waals surface area (Å²) in [6.45, 7) is 0. The number of pyridine rings is 2. The molecule has 0 saturated carbocycles. The van der Waals surface area contributed by atoms with Gasteiger partial charge in [-0.05, 0) is 23.8 Å². The highest BCUT2D eigenvalue weighted by Gasteiger charge is 2.32. The number of alkyl halides is 3.